The maximum Gasteiger partial charge on any atom is 0.0795 e. The fourth-order valence-electron chi connectivity index (χ4n) is 1.03. The van der Waals surface area contributed by atoms with Crippen molar-refractivity contribution in [1.29, 1.82) is 0 Å². The van der Waals surface area contributed by atoms with Gasteiger partial charge in [0.15, 0.2) is 0 Å². The highest BCUT2D eigenvalue weighted by atomic mass is 16.5. The van der Waals surface area contributed by atoms with Gasteiger partial charge in [0.1, 0.15) is 0 Å². The molecule has 0 saturated heterocycles. The lowest BCUT2D eigenvalue weighted by Gasteiger charge is -2.12. The number of rotatable bonds is 6. The molecule has 1 saturated carbocycles. The normalized spacial score (nSPS) is 22.2. The van der Waals surface area contributed by atoms with Crippen LogP contribution in [0, 0.1) is 5.41 Å². The van der Waals surface area contributed by atoms with E-state index in [0.717, 1.165) is 6.61 Å². The van der Waals surface area contributed by atoms with Crippen LogP contribution in [-0.2, 0) is 4.74 Å². The molecule has 12 heavy (non-hydrogen) atoms. The minimum absolute atomic E-state index is 0.0296. The smallest absolute Gasteiger partial charge is 0.0795 e. The third-order valence-electron chi connectivity index (χ3n) is 2.33. The summed E-state index contributed by atoms with van der Waals surface area (Å²) in [5.41, 5.74) is 0.388. The molecule has 0 heterocycles. The molecule has 0 aromatic rings. The second-order valence-electron chi connectivity index (χ2n) is 3.99. The number of hydrogen-bond acceptors (Lipinski definition) is 3. The first-order valence-corrected chi connectivity index (χ1v) is 4.53. The molecule has 0 radical (unpaired) electrons. The van der Waals surface area contributed by atoms with Crippen LogP contribution in [0.15, 0.2) is 0 Å². The fourth-order valence-corrected chi connectivity index (χ4v) is 1.03. The van der Waals surface area contributed by atoms with Crippen molar-refractivity contribution in [1.82, 2.24) is 0 Å². The Kier molecular flexibility index (Phi) is 3.50. The van der Waals surface area contributed by atoms with Gasteiger partial charge in [0.25, 0.3) is 0 Å². The molecule has 72 valence electrons. The van der Waals surface area contributed by atoms with E-state index in [1.807, 2.05) is 0 Å². The fraction of sp³-hybridized carbons (Fsp3) is 1.00. The summed E-state index contributed by atoms with van der Waals surface area (Å²) in [5, 5.41) is 17.7. The molecular weight excluding hydrogens is 156 g/mol. The summed E-state index contributed by atoms with van der Waals surface area (Å²) in [6, 6.07) is 0. The summed E-state index contributed by atoms with van der Waals surface area (Å²) in [5.74, 6) is 0. The molecule has 1 aliphatic rings. The largest absolute Gasteiger partial charge is 0.396 e. The van der Waals surface area contributed by atoms with Crippen molar-refractivity contribution in [3.8, 4) is 0 Å². The number of aliphatic hydroxyl groups is 2. The van der Waals surface area contributed by atoms with E-state index < -0.39 is 6.10 Å². The highest BCUT2D eigenvalue weighted by Crippen LogP contribution is 2.44. The molecule has 0 amide bonds. The zero-order valence-corrected chi connectivity index (χ0v) is 7.62. The molecule has 1 rings (SSSR count). The molecule has 0 aromatic carbocycles. The Bertz CT molecular complexity index is 132. The van der Waals surface area contributed by atoms with Gasteiger partial charge in [-0.25, -0.2) is 0 Å². The third-order valence-corrected chi connectivity index (χ3v) is 2.33. The highest BCUT2D eigenvalue weighted by molar-refractivity contribution is 4.88. The Balaban J connectivity index is 1.94. The summed E-state index contributed by atoms with van der Waals surface area (Å²) in [4.78, 5) is 0. The Hall–Kier alpha value is -0.120. The monoisotopic (exact) mass is 174 g/mol. The number of ether oxygens (including phenoxy) is 1. The van der Waals surface area contributed by atoms with Crippen LogP contribution < -0.4 is 0 Å². The van der Waals surface area contributed by atoms with Crippen molar-refractivity contribution in [3.63, 3.8) is 0 Å². The van der Waals surface area contributed by atoms with Gasteiger partial charge in [0, 0.05) is 6.61 Å². The van der Waals surface area contributed by atoms with Crippen LogP contribution in [0.3, 0.4) is 0 Å². The predicted molar refractivity (Wildman–Crippen MR) is 45.9 cm³/mol. The van der Waals surface area contributed by atoms with E-state index >= 15 is 0 Å². The third kappa shape index (κ3) is 3.52. The second-order valence-corrected chi connectivity index (χ2v) is 3.99. The summed E-state index contributed by atoms with van der Waals surface area (Å²) < 4.78 is 5.31. The summed E-state index contributed by atoms with van der Waals surface area (Å²) >= 11 is 0. The molecule has 1 fully saturated rings. The van der Waals surface area contributed by atoms with Gasteiger partial charge >= 0.3 is 0 Å². The predicted octanol–water partition coefficient (Wildman–Crippen LogP) is 0.546. The first-order chi connectivity index (χ1) is 5.66. The molecular formula is C9H18O3. The van der Waals surface area contributed by atoms with Crippen molar-refractivity contribution < 1.29 is 14.9 Å². The summed E-state index contributed by atoms with van der Waals surface area (Å²) in [6.07, 6.45) is 2.39. The van der Waals surface area contributed by atoms with E-state index in [4.69, 9.17) is 9.84 Å². The van der Waals surface area contributed by atoms with Gasteiger partial charge in [-0.15, -0.1) is 0 Å². The van der Waals surface area contributed by atoms with Crippen molar-refractivity contribution in [2.45, 2.75) is 32.3 Å². The van der Waals surface area contributed by atoms with E-state index in [2.05, 4.69) is 6.92 Å². The van der Waals surface area contributed by atoms with Gasteiger partial charge in [-0.1, -0.05) is 6.92 Å². The van der Waals surface area contributed by atoms with E-state index in [-0.39, 0.29) is 6.61 Å². The van der Waals surface area contributed by atoms with E-state index in [0.29, 0.717) is 18.4 Å². The topological polar surface area (TPSA) is 49.7 Å². The molecule has 3 nitrogen and oxygen atoms in total. The molecule has 0 bridgehead atoms. The van der Waals surface area contributed by atoms with E-state index in [1.54, 1.807) is 0 Å². The number of hydrogen-bond donors (Lipinski definition) is 2. The quantitative estimate of drug-likeness (QED) is 0.618. The van der Waals surface area contributed by atoms with Crippen LogP contribution in [0.1, 0.15) is 26.2 Å². The zero-order chi connectivity index (χ0) is 9.03. The van der Waals surface area contributed by atoms with Gasteiger partial charge in [-0.05, 0) is 24.7 Å². The van der Waals surface area contributed by atoms with Crippen molar-refractivity contribution >= 4 is 0 Å². The minimum Gasteiger partial charge on any atom is -0.396 e. The van der Waals surface area contributed by atoms with Gasteiger partial charge in [0.05, 0.1) is 19.3 Å². The van der Waals surface area contributed by atoms with E-state index in [9.17, 15) is 5.11 Å². The molecule has 0 aromatic heterocycles. The number of aliphatic hydroxyl groups excluding tert-OH is 2. The zero-order valence-electron chi connectivity index (χ0n) is 7.62. The standard InChI is InChI=1S/C9H18O3/c1-9(3-4-9)7-12-6-8(11)2-5-10/h8,10-11H,2-7H2,1H3. The molecule has 1 aliphatic carbocycles. The average Bonchev–Trinajstić information content (AvgIpc) is 2.69. The Labute approximate surface area is 73.4 Å². The van der Waals surface area contributed by atoms with Crippen LogP contribution in [0.4, 0.5) is 0 Å². The average molecular weight is 174 g/mol. The van der Waals surface area contributed by atoms with Gasteiger partial charge in [-0.2, -0.15) is 0 Å². The summed E-state index contributed by atoms with van der Waals surface area (Å²) in [7, 11) is 0. The van der Waals surface area contributed by atoms with Crippen molar-refractivity contribution in [2.75, 3.05) is 19.8 Å². The molecule has 1 unspecified atom stereocenters. The SMILES string of the molecule is CC1(COCC(O)CCO)CC1. The maximum atomic E-state index is 9.18. The summed E-state index contributed by atoms with van der Waals surface area (Å²) in [6.45, 7) is 3.32. The highest BCUT2D eigenvalue weighted by Gasteiger charge is 2.37. The van der Waals surface area contributed by atoms with Crippen LogP contribution in [0.5, 0.6) is 0 Å². The lowest BCUT2D eigenvalue weighted by Crippen LogP contribution is -2.19. The lowest BCUT2D eigenvalue weighted by molar-refractivity contribution is 0.00913. The first kappa shape index (κ1) is 9.96. The van der Waals surface area contributed by atoms with E-state index in [1.165, 1.54) is 12.8 Å². The lowest BCUT2D eigenvalue weighted by atomic mass is 10.2. The van der Waals surface area contributed by atoms with Crippen molar-refractivity contribution in [3.05, 3.63) is 0 Å². The molecule has 1 atom stereocenters. The van der Waals surface area contributed by atoms with Crippen LogP contribution in [0.25, 0.3) is 0 Å². The van der Waals surface area contributed by atoms with Crippen LogP contribution in [0.2, 0.25) is 0 Å². The second kappa shape index (κ2) is 4.21. The Morgan fingerprint density at radius 3 is 2.67 bits per heavy atom. The van der Waals surface area contributed by atoms with Gasteiger partial charge in [-0.3, -0.25) is 0 Å². The van der Waals surface area contributed by atoms with Crippen LogP contribution in [-0.4, -0.2) is 36.1 Å². The Morgan fingerprint density at radius 1 is 1.50 bits per heavy atom. The Morgan fingerprint density at radius 2 is 2.17 bits per heavy atom. The van der Waals surface area contributed by atoms with Gasteiger partial charge in [0.2, 0.25) is 0 Å². The molecule has 2 N–H and O–H groups in total. The molecule has 0 aliphatic heterocycles. The van der Waals surface area contributed by atoms with Gasteiger partial charge < -0.3 is 14.9 Å². The minimum atomic E-state index is -0.502. The van der Waals surface area contributed by atoms with Crippen LogP contribution >= 0.6 is 0 Å². The maximum absolute atomic E-state index is 9.18. The molecule has 0 spiro atoms. The first-order valence-electron chi connectivity index (χ1n) is 4.53. The molecule has 3 heteroatoms. The van der Waals surface area contributed by atoms with Crippen molar-refractivity contribution in [2.24, 2.45) is 5.41 Å².